The summed E-state index contributed by atoms with van der Waals surface area (Å²) < 4.78 is 37.4. The quantitative estimate of drug-likeness (QED) is 0.392. The Morgan fingerprint density at radius 2 is 1.86 bits per heavy atom. The second kappa shape index (κ2) is 10.1. The lowest BCUT2D eigenvalue weighted by atomic mass is 10.1. The number of anilines is 2. The second-order valence-corrected chi connectivity index (χ2v) is 8.19. The molecule has 4 rings (SSSR count). The van der Waals surface area contributed by atoms with Gasteiger partial charge in [-0.1, -0.05) is 0 Å². The van der Waals surface area contributed by atoms with E-state index in [0.717, 1.165) is 10.9 Å². The molecule has 12 heteroatoms. The molecule has 0 bridgehead atoms. The maximum absolute atomic E-state index is 13.7. The van der Waals surface area contributed by atoms with Gasteiger partial charge in [0.25, 0.3) is 5.91 Å². The summed E-state index contributed by atoms with van der Waals surface area (Å²) in [7, 11) is 0. The van der Waals surface area contributed by atoms with E-state index in [1.807, 2.05) is 13.0 Å². The van der Waals surface area contributed by atoms with Crippen molar-refractivity contribution in [1.82, 2.24) is 30.0 Å². The van der Waals surface area contributed by atoms with Gasteiger partial charge in [0.1, 0.15) is 24.0 Å². The molecule has 1 aromatic carbocycles. The lowest BCUT2D eigenvalue weighted by molar-refractivity contribution is -0.115. The van der Waals surface area contributed by atoms with E-state index in [4.69, 9.17) is 5.73 Å². The monoisotopic (exact) mass is 496 g/mol. The van der Waals surface area contributed by atoms with Gasteiger partial charge in [0.15, 0.2) is 0 Å². The van der Waals surface area contributed by atoms with Crippen molar-refractivity contribution in [3.63, 3.8) is 0 Å². The fourth-order valence-corrected chi connectivity index (χ4v) is 3.55. The number of pyridine rings is 1. The van der Waals surface area contributed by atoms with E-state index in [1.54, 1.807) is 43.6 Å². The molecule has 0 spiro atoms. The molecule has 4 aromatic rings. The number of fused-ring (bicyclic) bond motifs is 1. The number of hydrogen-bond acceptors (Lipinski definition) is 8. The van der Waals surface area contributed by atoms with Gasteiger partial charge < -0.3 is 16.0 Å². The van der Waals surface area contributed by atoms with Crippen LogP contribution >= 0.6 is 0 Å². The molecule has 0 radical (unpaired) electrons. The zero-order valence-electron chi connectivity index (χ0n) is 19.5. The fraction of sp³-hybridized carbons (Fsp3) is 0.250. The molecule has 0 aliphatic heterocycles. The Morgan fingerprint density at radius 3 is 2.53 bits per heavy atom. The number of carbonyl (C=O) groups excluding carboxylic acids is 1. The van der Waals surface area contributed by atoms with Gasteiger partial charge in [0.2, 0.25) is 0 Å². The SMILES string of the molecule is Cc1cc2cc(C(=O)N(Cc3ccc(NCC(F)(F)F)nn3)[C@H](C)c3ncccn3)ccc2nc1N. The number of carbonyl (C=O) groups is 1. The zero-order valence-corrected chi connectivity index (χ0v) is 19.5. The molecule has 3 N–H and O–H groups in total. The van der Waals surface area contributed by atoms with Crippen LogP contribution in [0, 0.1) is 6.92 Å². The van der Waals surface area contributed by atoms with Crippen LogP contribution in [-0.2, 0) is 6.54 Å². The highest BCUT2D eigenvalue weighted by molar-refractivity contribution is 5.98. The van der Waals surface area contributed by atoms with Crippen molar-refractivity contribution in [1.29, 1.82) is 0 Å². The van der Waals surface area contributed by atoms with Crippen molar-refractivity contribution in [3.05, 3.63) is 77.5 Å². The summed E-state index contributed by atoms with van der Waals surface area (Å²) in [6.07, 6.45) is -1.22. The van der Waals surface area contributed by atoms with E-state index in [0.29, 0.717) is 28.4 Å². The molecule has 1 atom stereocenters. The van der Waals surface area contributed by atoms with Crippen LogP contribution in [0.4, 0.5) is 24.8 Å². The van der Waals surface area contributed by atoms with Crippen molar-refractivity contribution < 1.29 is 18.0 Å². The maximum atomic E-state index is 13.7. The highest BCUT2D eigenvalue weighted by Gasteiger charge is 2.28. The molecule has 3 aromatic heterocycles. The number of benzene rings is 1. The van der Waals surface area contributed by atoms with Crippen LogP contribution < -0.4 is 11.1 Å². The number of amides is 1. The molecule has 36 heavy (non-hydrogen) atoms. The third-order valence-electron chi connectivity index (χ3n) is 5.50. The van der Waals surface area contributed by atoms with E-state index in [1.165, 1.54) is 17.0 Å². The third kappa shape index (κ3) is 5.82. The highest BCUT2D eigenvalue weighted by atomic mass is 19.4. The predicted molar refractivity (Wildman–Crippen MR) is 128 cm³/mol. The number of aromatic nitrogens is 5. The minimum absolute atomic E-state index is 0.0231. The summed E-state index contributed by atoms with van der Waals surface area (Å²) in [4.78, 5) is 28.1. The zero-order chi connectivity index (χ0) is 25.9. The van der Waals surface area contributed by atoms with Crippen molar-refractivity contribution in [3.8, 4) is 0 Å². The van der Waals surface area contributed by atoms with Crippen LogP contribution in [0.3, 0.4) is 0 Å². The van der Waals surface area contributed by atoms with Gasteiger partial charge in [-0.2, -0.15) is 18.3 Å². The minimum Gasteiger partial charge on any atom is -0.383 e. The molecular weight excluding hydrogens is 473 g/mol. The van der Waals surface area contributed by atoms with E-state index in [9.17, 15) is 18.0 Å². The average molecular weight is 496 g/mol. The van der Waals surface area contributed by atoms with E-state index >= 15 is 0 Å². The average Bonchev–Trinajstić information content (AvgIpc) is 2.86. The summed E-state index contributed by atoms with van der Waals surface area (Å²) in [5, 5.41) is 10.7. The number of alkyl halides is 3. The molecule has 9 nitrogen and oxygen atoms in total. The summed E-state index contributed by atoms with van der Waals surface area (Å²) >= 11 is 0. The van der Waals surface area contributed by atoms with Crippen LogP contribution in [0.25, 0.3) is 10.9 Å². The van der Waals surface area contributed by atoms with Crippen LogP contribution in [0.2, 0.25) is 0 Å². The largest absolute Gasteiger partial charge is 0.405 e. The number of nitrogens with two attached hydrogens (primary N) is 1. The van der Waals surface area contributed by atoms with Gasteiger partial charge in [-0.15, -0.1) is 5.10 Å². The summed E-state index contributed by atoms with van der Waals surface area (Å²) in [5.41, 5.74) is 8.15. The Kier molecular flexibility index (Phi) is 6.95. The van der Waals surface area contributed by atoms with E-state index < -0.39 is 18.8 Å². The third-order valence-corrected chi connectivity index (χ3v) is 5.50. The number of rotatable bonds is 7. The van der Waals surface area contributed by atoms with Gasteiger partial charge in [-0.3, -0.25) is 4.79 Å². The Morgan fingerprint density at radius 1 is 1.11 bits per heavy atom. The molecule has 3 heterocycles. The number of halogens is 3. The van der Waals surface area contributed by atoms with Crippen molar-refractivity contribution in [2.45, 2.75) is 32.6 Å². The number of hydrogen-bond donors (Lipinski definition) is 2. The molecule has 0 saturated heterocycles. The van der Waals surface area contributed by atoms with Crippen LogP contribution in [-0.4, -0.2) is 48.7 Å². The van der Waals surface area contributed by atoms with Crippen molar-refractivity contribution in [2.24, 2.45) is 0 Å². The van der Waals surface area contributed by atoms with Gasteiger partial charge in [0.05, 0.1) is 23.8 Å². The number of aryl methyl sites for hydroxylation is 1. The van der Waals surface area contributed by atoms with E-state index in [-0.39, 0.29) is 18.3 Å². The first-order valence-corrected chi connectivity index (χ1v) is 11.0. The van der Waals surface area contributed by atoms with E-state index in [2.05, 4.69) is 30.5 Å². The maximum Gasteiger partial charge on any atom is 0.405 e. The molecule has 0 aliphatic carbocycles. The topological polar surface area (TPSA) is 123 Å². The highest BCUT2D eigenvalue weighted by Crippen LogP contribution is 2.25. The summed E-state index contributed by atoms with van der Waals surface area (Å²) in [5.74, 6) is 0.510. The van der Waals surface area contributed by atoms with Gasteiger partial charge in [-0.25, -0.2) is 15.0 Å². The normalized spacial score (nSPS) is 12.4. The Bertz CT molecular complexity index is 1360. The molecule has 0 saturated carbocycles. The van der Waals surface area contributed by atoms with Crippen LogP contribution in [0.1, 0.15) is 40.4 Å². The lowest BCUT2D eigenvalue weighted by Gasteiger charge is -2.28. The number of nitrogens with one attached hydrogen (secondary N) is 1. The smallest absolute Gasteiger partial charge is 0.383 e. The first-order valence-electron chi connectivity index (χ1n) is 11.0. The van der Waals surface area contributed by atoms with Gasteiger partial charge in [-0.05, 0) is 61.9 Å². The molecular formula is C24H23F3N8O. The van der Waals surface area contributed by atoms with Crippen molar-refractivity contribution >= 4 is 28.4 Å². The van der Waals surface area contributed by atoms with Gasteiger partial charge >= 0.3 is 6.18 Å². The molecule has 0 fully saturated rings. The first-order chi connectivity index (χ1) is 17.1. The molecule has 186 valence electrons. The number of nitrogens with zero attached hydrogens (tertiary/aromatic N) is 6. The Balaban J connectivity index is 1.63. The Hall–Kier alpha value is -4.35. The molecule has 1 amide bonds. The standard InChI is InChI=1S/C24H23F3N8O/c1-14-10-17-11-16(4-6-19(17)32-21(14)28)23(36)35(15(2)22-29-8-3-9-30-22)12-18-5-7-20(34-33-18)31-13-24(25,26)27/h3-11,15H,12-13H2,1-2H3,(H2,28,32)(H,31,34)/t15-/m1/s1. The Labute approximate surface area is 204 Å². The lowest BCUT2D eigenvalue weighted by Crippen LogP contribution is -2.34. The summed E-state index contributed by atoms with van der Waals surface area (Å²) in [6.45, 7) is 2.43. The first kappa shape index (κ1) is 24.8. The minimum atomic E-state index is -4.38. The van der Waals surface area contributed by atoms with Crippen LogP contribution in [0.15, 0.2) is 54.9 Å². The van der Waals surface area contributed by atoms with Crippen LogP contribution in [0.5, 0.6) is 0 Å². The predicted octanol–water partition coefficient (Wildman–Crippen LogP) is 4.08. The second-order valence-electron chi connectivity index (χ2n) is 8.19. The molecule has 0 unspecified atom stereocenters. The molecule has 0 aliphatic rings. The van der Waals surface area contributed by atoms with Gasteiger partial charge in [0, 0.05) is 23.3 Å². The number of nitrogen functional groups attached to an aromatic ring is 1. The fourth-order valence-electron chi connectivity index (χ4n) is 3.55. The van der Waals surface area contributed by atoms with Crippen molar-refractivity contribution in [2.75, 3.05) is 17.6 Å². The summed E-state index contributed by atoms with van der Waals surface area (Å²) in [6, 6.07) is 11.0.